The van der Waals surface area contributed by atoms with E-state index >= 15 is 0 Å². The van der Waals surface area contributed by atoms with E-state index in [4.69, 9.17) is 15.5 Å². The molecule has 2 aromatic carbocycles. The van der Waals surface area contributed by atoms with Crippen LogP contribution in [0.3, 0.4) is 0 Å². The number of pyridine rings is 1. The summed E-state index contributed by atoms with van der Waals surface area (Å²) < 4.78 is 5.47. The van der Waals surface area contributed by atoms with Gasteiger partial charge in [0.2, 0.25) is 0 Å². The van der Waals surface area contributed by atoms with Crippen LogP contribution < -0.4 is 16.0 Å². The van der Waals surface area contributed by atoms with Gasteiger partial charge in [0.05, 0.1) is 31.1 Å². The number of aliphatic hydroxyl groups is 1. The molecule has 41 heavy (non-hydrogen) atoms. The highest BCUT2D eigenvalue weighted by atomic mass is 16.5. The van der Waals surface area contributed by atoms with Gasteiger partial charge in [0.15, 0.2) is 5.65 Å². The number of carbonyl (C=O) groups is 1. The van der Waals surface area contributed by atoms with E-state index in [1.165, 1.54) is 11.8 Å². The van der Waals surface area contributed by atoms with Gasteiger partial charge in [-0.25, -0.2) is 9.97 Å². The monoisotopic (exact) mass is 555 g/mol. The third-order valence-corrected chi connectivity index (χ3v) is 8.27. The van der Waals surface area contributed by atoms with E-state index < -0.39 is 5.91 Å². The van der Waals surface area contributed by atoms with Crippen molar-refractivity contribution in [1.29, 1.82) is 0 Å². The van der Waals surface area contributed by atoms with Gasteiger partial charge in [-0.3, -0.25) is 9.69 Å². The number of aromatic nitrogens is 3. The summed E-state index contributed by atoms with van der Waals surface area (Å²) in [6.07, 6.45) is 4.41. The highest BCUT2D eigenvalue weighted by molar-refractivity contribution is 6.06. The number of morpholine rings is 1. The standard InChI is InChI=1S/C31H37N7O3/c1-2-24-21(18-38-12-4-6-23(38)19-39)5-3-7-26(24)34-27-25(29(32)40)17-33-31-28(27)35-30(36-31)20-8-10-22(11-9-20)37-13-15-41-16-14-37/h3,5,7-11,17,23,39H,2,4,6,12-16,18-19H2,1H3,(H2,32,40)(H2,33,34,35,36)/t23-/m1/s1. The number of fused-ring (bicyclic) bond motifs is 1. The highest BCUT2D eigenvalue weighted by Crippen LogP contribution is 2.33. The molecular formula is C31H37N7O3. The smallest absolute Gasteiger partial charge is 0.252 e. The SMILES string of the molecule is CCc1c(CN2CCC[C@@H]2CO)cccc1Nc1c(C(N)=O)cnc2nc(-c3ccc(N4CCOCC4)cc3)[nH]c12. The van der Waals surface area contributed by atoms with Crippen LogP contribution in [0.4, 0.5) is 17.1 Å². The molecule has 2 aliphatic heterocycles. The molecule has 5 N–H and O–H groups in total. The van der Waals surface area contributed by atoms with Crippen molar-refractivity contribution in [3.63, 3.8) is 0 Å². The maximum Gasteiger partial charge on any atom is 0.252 e. The molecule has 0 bridgehead atoms. The number of H-pyrrole nitrogens is 1. The van der Waals surface area contributed by atoms with Gasteiger partial charge < -0.3 is 30.8 Å². The molecule has 1 atom stereocenters. The van der Waals surface area contributed by atoms with Gasteiger partial charge in [-0.2, -0.15) is 0 Å². The van der Waals surface area contributed by atoms with Crippen LogP contribution in [0.25, 0.3) is 22.6 Å². The van der Waals surface area contributed by atoms with E-state index in [1.54, 1.807) is 0 Å². The first kappa shape index (κ1) is 27.2. The molecule has 0 aliphatic carbocycles. The Kier molecular flexibility index (Phi) is 7.86. The van der Waals surface area contributed by atoms with Crippen molar-refractivity contribution in [3.8, 4) is 11.4 Å². The van der Waals surface area contributed by atoms with E-state index in [0.29, 0.717) is 28.2 Å². The van der Waals surface area contributed by atoms with E-state index in [-0.39, 0.29) is 12.6 Å². The summed E-state index contributed by atoms with van der Waals surface area (Å²) >= 11 is 0. The first-order valence-corrected chi connectivity index (χ1v) is 14.4. The number of nitrogens with two attached hydrogens (primary N) is 1. The highest BCUT2D eigenvalue weighted by Gasteiger charge is 2.25. The lowest BCUT2D eigenvalue weighted by Crippen LogP contribution is -2.36. The molecular weight excluding hydrogens is 518 g/mol. The summed E-state index contributed by atoms with van der Waals surface area (Å²) in [6.45, 7) is 7.27. The maximum absolute atomic E-state index is 12.5. The average Bonchev–Trinajstić information content (AvgIpc) is 3.65. The molecule has 0 unspecified atom stereocenters. The Balaban J connectivity index is 1.34. The minimum atomic E-state index is -0.565. The van der Waals surface area contributed by atoms with Gasteiger partial charge >= 0.3 is 0 Å². The molecule has 0 spiro atoms. The molecule has 6 rings (SSSR count). The first-order valence-electron chi connectivity index (χ1n) is 14.4. The summed E-state index contributed by atoms with van der Waals surface area (Å²) in [7, 11) is 0. The molecule has 2 aliphatic rings. The molecule has 2 saturated heterocycles. The lowest BCUT2D eigenvalue weighted by molar-refractivity contribution is 0.100. The predicted octanol–water partition coefficient (Wildman–Crippen LogP) is 3.82. The number of anilines is 3. The van der Waals surface area contributed by atoms with E-state index in [9.17, 15) is 9.90 Å². The molecule has 1 amide bonds. The number of aliphatic hydroxyl groups excluding tert-OH is 1. The molecule has 4 heterocycles. The number of carbonyl (C=O) groups excluding carboxylic acids is 1. The zero-order valence-electron chi connectivity index (χ0n) is 23.4. The molecule has 2 fully saturated rings. The fourth-order valence-corrected chi connectivity index (χ4v) is 6.04. The largest absolute Gasteiger partial charge is 0.395 e. The molecule has 0 radical (unpaired) electrons. The fourth-order valence-electron chi connectivity index (χ4n) is 6.04. The summed E-state index contributed by atoms with van der Waals surface area (Å²) in [5.74, 6) is 0.101. The normalized spacial score (nSPS) is 17.8. The van der Waals surface area contributed by atoms with Crippen LogP contribution in [-0.4, -0.2) is 76.4 Å². The maximum atomic E-state index is 12.5. The minimum absolute atomic E-state index is 0.175. The Labute approximate surface area is 239 Å². The second-order valence-electron chi connectivity index (χ2n) is 10.7. The number of primary amides is 1. The Morgan fingerprint density at radius 3 is 2.71 bits per heavy atom. The number of likely N-dealkylation sites (tertiary alicyclic amines) is 1. The molecule has 10 nitrogen and oxygen atoms in total. The number of aromatic amines is 1. The second-order valence-corrected chi connectivity index (χ2v) is 10.7. The van der Waals surface area contributed by atoms with Crippen LogP contribution in [0.5, 0.6) is 0 Å². The number of ether oxygens (including phenoxy) is 1. The molecule has 4 aromatic rings. The summed E-state index contributed by atoms with van der Waals surface area (Å²) in [4.78, 5) is 29.8. The van der Waals surface area contributed by atoms with Gasteiger partial charge in [0.25, 0.3) is 5.91 Å². The van der Waals surface area contributed by atoms with E-state index in [0.717, 1.165) is 81.2 Å². The zero-order valence-corrected chi connectivity index (χ0v) is 23.4. The Morgan fingerprint density at radius 1 is 1.17 bits per heavy atom. The number of nitrogens with zero attached hydrogens (tertiary/aromatic N) is 4. The predicted molar refractivity (Wildman–Crippen MR) is 160 cm³/mol. The lowest BCUT2D eigenvalue weighted by Gasteiger charge is -2.28. The van der Waals surface area contributed by atoms with Crippen molar-refractivity contribution in [2.75, 3.05) is 49.7 Å². The Hall–Kier alpha value is -3.99. The number of amides is 1. The fraction of sp³-hybridized carbons (Fsp3) is 0.387. The van der Waals surface area contributed by atoms with Crippen LogP contribution in [0.2, 0.25) is 0 Å². The summed E-state index contributed by atoms with van der Waals surface area (Å²) in [5.41, 5.74) is 13.1. The van der Waals surface area contributed by atoms with Crippen molar-refractivity contribution in [3.05, 3.63) is 65.4 Å². The number of nitrogens with one attached hydrogen (secondary N) is 2. The van der Waals surface area contributed by atoms with Gasteiger partial charge in [0, 0.05) is 48.8 Å². The van der Waals surface area contributed by atoms with E-state index in [1.807, 2.05) is 24.3 Å². The van der Waals surface area contributed by atoms with Crippen LogP contribution in [0, 0.1) is 0 Å². The number of benzene rings is 2. The minimum Gasteiger partial charge on any atom is -0.395 e. The van der Waals surface area contributed by atoms with Crippen LogP contribution in [-0.2, 0) is 17.7 Å². The number of rotatable bonds is 9. The Morgan fingerprint density at radius 2 is 1.98 bits per heavy atom. The second kappa shape index (κ2) is 11.9. The Bertz CT molecular complexity index is 1530. The van der Waals surface area contributed by atoms with Crippen LogP contribution >= 0.6 is 0 Å². The first-order chi connectivity index (χ1) is 20.1. The third-order valence-electron chi connectivity index (χ3n) is 8.27. The van der Waals surface area contributed by atoms with Gasteiger partial charge in [-0.1, -0.05) is 19.1 Å². The van der Waals surface area contributed by atoms with Crippen molar-refractivity contribution in [1.82, 2.24) is 19.9 Å². The van der Waals surface area contributed by atoms with Crippen molar-refractivity contribution >= 4 is 34.1 Å². The quantitative estimate of drug-likeness (QED) is 0.245. The van der Waals surface area contributed by atoms with Gasteiger partial charge in [0.1, 0.15) is 11.3 Å². The van der Waals surface area contributed by atoms with Gasteiger partial charge in [-0.05, 0) is 67.3 Å². The topological polar surface area (TPSA) is 133 Å². The summed E-state index contributed by atoms with van der Waals surface area (Å²) in [5, 5.41) is 13.3. The van der Waals surface area contributed by atoms with Gasteiger partial charge in [-0.15, -0.1) is 0 Å². The molecule has 2 aromatic heterocycles. The van der Waals surface area contributed by atoms with E-state index in [2.05, 4.69) is 50.2 Å². The molecule has 10 heteroatoms. The molecule has 0 saturated carbocycles. The zero-order chi connectivity index (χ0) is 28.3. The van der Waals surface area contributed by atoms with Crippen LogP contribution in [0.15, 0.2) is 48.7 Å². The summed E-state index contributed by atoms with van der Waals surface area (Å²) in [6, 6.07) is 14.7. The van der Waals surface area contributed by atoms with Crippen LogP contribution in [0.1, 0.15) is 41.3 Å². The third kappa shape index (κ3) is 5.50. The number of hydrogen-bond acceptors (Lipinski definition) is 8. The lowest BCUT2D eigenvalue weighted by atomic mass is 10.0. The molecule has 214 valence electrons. The van der Waals surface area contributed by atoms with Crippen molar-refractivity contribution in [2.24, 2.45) is 5.73 Å². The van der Waals surface area contributed by atoms with Crippen molar-refractivity contribution < 1.29 is 14.6 Å². The average molecular weight is 556 g/mol. The number of imidazole rings is 1. The number of hydrogen-bond donors (Lipinski definition) is 4. The van der Waals surface area contributed by atoms with Crippen molar-refractivity contribution in [2.45, 2.75) is 38.8 Å².